The van der Waals surface area contributed by atoms with Crippen LogP contribution >= 0.6 is 11.3 Å². The smallest absolute Gasteiger partial charge is 0.138 e. The quantitative estimate of drug-likeness (QED) is 0.488. The molecule has 0 spiro atoms. The molecule has 2 aromatic heterocycles. The van der Waals surface area contributed by atoms with Crippen LogP contribution in [0.4, 0.5) is 5.82 Å². The Morgan fingerprint density at radius 3 is 2.73 bits per heavy atom. The second kappa shape index (κ2) is 8.42. The molecule has 0 bridgehead atoms. The normalized spacial score (nSPS) is 13.9. The molecule has 0 atom stereocenters. The van der Waals surface area contributed by atoms with Crippen LogP contribution in [0.3, 0.4) is 0 Å². The zero-order chi connectivity index (χ0) is 20.3. The molecule has 30 heavy (non-hydrogen) atoms. The van der Waals surface area contributed by atoms with Crippen LogP contribution in [0.5, 0.6) is 5.75 Å². The predicted octanol–water partition coefficient (Wildman–Crippen LogP) is 4.84. The number of nitrogens with zero attached hydrogens (tertiary/aromatic N) is 3. The number of thiophene rings is 1. The fraction of sp³-hybridized carbons (Fsp3) is 0.250. The predicted molar refractivity (Wildman–Crippen MR) is 123 cm³/mol. The van der Waals surface area contributed by atoms with Gasteiger partial charge < -0.3 is 10.1 Å². The van der Waals surface area contributed by atoms with Crippen LogP contribution in [-0.2, 0) is 13.0 Å². The summed E-state index contributed by atoms with van der Waals surface area (Å²) < 4.78 is 5.29. The Bertz CT molecular complexity index is 1160. The Kier molecular flexibility index (Phi) is 5.34. The van der Waals surface area contributed by atoms with Crippen molar-refractivity contribution in [3.63, 3.8) is 0 Å². The van der Waals surface area contributed by atoms with E-state index in [1.54, 1.807) is 24.8 Å². The van der Waals surface area contributed by atoms with Crippen molar-refractivity contribution in [3.05, 3.63) is 71.4 Å². The van der Waals surface area contributed by atoms with Crippen molar-refractivity contribution in [1.82, 2.24) is 14.9 Å². The lowest BCUT2D eigenvalue weighted by Crippen LogP contribution is -2.34. The van der Waals surface area contributed by atoms with E-state index in [0.29, 0.717) is 0 Å². The highest BCUT2D eigenvalue weighted by Crippen LogP contribution is 2.37. The summed E-state index contributed by atoms with van der Waals surface area (Å²) in [4.78, 5) is 12.5. The Labute approximate surface area is 180 Å². The van der Waals surface area contributed by atoms with Crippen LogP contribution in [-0.4, -0.2) is 41.6 Å². The molecular formula is C24H24N4OS. The average Bonchev–Trinajstić information content (AvgIpc) is 3.24. The Balaban J connectivity index is 1.32. The molecule has 0 amide bonds. The summed E-state index contributed by atoms with van der Waals surface area (Å²) in [6.45, 7) is 3.97. The van der Waals surface area contributed by atoms with Gasteiger partial charge in [-0.1, -0.05) is 36.4 Å². The van der Waals surface area contributed by atoms with E-state index < -0.39 is 0 Å². The van der Waals surface area contributed by atoms with Gasteiger partial charge in [0.05, 0.1) is 12.5 Å². The van der Waals surface area contributed by atoms with Crippen molar-refractivity contribution < 1.29 is 4.74 Å². The molecule has 1 aliphatic heterocycles. The van der Waals surface area contributed by atoms with E-state index in [1.165, 1.54) is 11.1 Å². The Morgan fingerprint density at radius 1 is 1.07 bits per heavy atom. The van der Waals surface area contributed by atoms with Crippen LogP contribution in [0.2, 0.25) is 0 Å². The molecular weight excluding hydrogens is 392 g/mol. The largest absolute Gasteiger partial charge is 0.497 e. The molecule has 4 aromatic rings. The number of aromatic nitrogens is 2. The van der Waals surface area contributed by atoms with Crippen molar-refractivity contribution in [2.75, 3.05) is 32.1 Å². The summed E-state index contributed by atoms with van der Waals surface area (Å²) in [5.41, 5.74) is 5.25. The molecule has 0 saturated heterocycles. The van der Waals surface area contributed by atoms with Crippen molar-refractivity contribution in [1.29, 1.82) is 0 Å². The van der Waals surface area contributed by atoms with E-state index in [9.17, 15) is 0 Å². The third-order valence-electron chi connectivity index (χ3n) is 5.70. The zero-order valence-corrected chi connectivity index (χ0v) is 17.8. The first-order chi connectivity index (χ1) is 14.8. The van der Waals surface area contributed by atoms with Crippen LogP contribution in [0.15, 0.2) is 60.2 Å². The average molecular weight is 417 g/mol. The van der Waals surface area contributed by atoms with Crippen LogP contribution in [0.1, 0.15) is 11.1 Å². The summed E-state index contributed by atoms with van der Waals surface area (Å²) in [7, 11) is 1.69. The van der Waals surface area contributed by atoms with Crippen LogP contribution in [0.25, 0.3) is 21.3 Å². The molecule has 0 radical (unpaired) electrons. The van der Waals surface area contributed by atoms with E-state index in [1.807, 2.05) is 12.1 Å². The van der Waals surface area contributed by atoms with Crippen LogP contribution < -0.4 is 10.1 Å². The first kappa shape index (κ1) is 19.0. The Morgan fingerprint density at radius 2 is 1.90 bits per heavy atom. The number of rotatable bonds is 6. The molecule has 2 aromatic carbocycles. The number of hydrogen-bond acceptors (Lipinski definition) is 6. The molecule has 0 fully saturated rings. The monoisotopic (exact) mass is 416 g/mol. The van der Waals surface area contributed by atoms with Crippen molar-refractivity contribution in [2.45, 2.75) is 13.0 Å². The van der Waals surface area contributed by atoms with Gasteiger partial charge >= 0.3 is 0 Å². The molecule has 6 heteroatoms. The Hall–Kier alpha value is -2.96. The van der Waals surface area contributed by atoms with E-state index in [0.717, 1.165) is 65.5 Å². The zero-order valence-electron chi connectivity index (χ0n) is 17.0. The minimum atomic E-state index is 0.853. The van der Waals surface area contributed by atoms with Crippen molar-refractivity contribution in [2.24, 2.45) is 0 Å². The fourth-order valence-corrected chi connectivity index (χ4v) is 4.99. The van der Waals surface area contributed by atoms with Gasteiger partial charge in [-0.25, -0.2) is 9.97 Å². The van der Waals surface area contributed by atoms with Gasteiger partial charge in [0.2, 0.25) is 0 Å². The molecule has 0 unspecified atom stereocenters. The third kappa shape index (κ3) is 3.76. The van der Waals surface area contributed by atoms with Gasteiger partial charge in [-0.3, -0.25) is 4.90 Å². The highest BCUT2D eigenvalue weighted by molar-refractivity contribution is 7.17. The number of ether oxygens (including phenoxy) is 1. The first-order valence-corrected chi connectivity index (χ1v) is 11.1. The number of hydrogen-bond donors (Lipinski definition) is 1. The minimum absolute atomic E-state index is 0.853. The maximum Gasteiger partial charge on any atom is 0.138 e. The number of benzene rings is 2. The molecule has 5 nitrogen and oxygen atoms in total. The SMILES string of the molecule is COc1ccc(-c2csc3ncnc(NCCN4CCc5ccccc5C4)c23)cc1. The highest BCUT2D eigenvalue weighted by Gasteiger charge is 2.16. The number of methoxy groups -OCH3 is 1. The summed E-state index contributed by atoms with van der Waals surface area (Å²) in [5.74, 6) is 1.76. The van der Waals surface area contributed by atoms with Crippen molar-refractivity contribution in [3.8, 4) is 16.9 Å². The summed E-state index contributed by atoms with van der Waals surface area (Å²) in [5, 5.41) is 6.82. The molecule has 0 aliphatic carbocycles. The molecule has 1 aliphatic rings. The standard InChI is InChI=1S/C24H24N4OS/c1-29-20-8-6-18(7-9-20)21-15-30-24-22(21)23(26-16-27-24)25-11-13-28-12-10-17-4-2-3-5-19(17)14-28/h2-9,15-16H,10-14H2,1H3,(H,25,26,27). The topological polar surface area (TPSA) is 50.3 Å². The molecule has 1 N–H and O–H groups in total. The van der Waals surface area contributed by atoms with E-state index in [-0.39, 0.29) is 0 Å². The van der Waals surface area contributed by atoms with Gasteiger partial charge in [-0.15, -0.1) is 11.3 Å². The molecule has 152 valence electrons. The van der Waals surface area contributed by atoms with E-state index in [2.05, 4.69) is 62.0 Å². The number of anilines is 1. The van der Waals surface area contributed by atoms with Crippen LogP contribution in [0, 0.1) is 0 Å². The first-order valence-electron chi connectivity index (χ1n) is 10.2. The van der Waals surface area contributed by atoms with Gasteiger partial charge in [0.1, 0.15) is 22.7 Å². The van der Waals surface area contributed by atoms with Gasteiger partial charge in [0.15, 0.2) is 0 Å². The van der Waals surface area contributed by atoms with Gasteiger partial charge in [-0.05, 0) is 35.2 Å². The molecule has 0 saturated carbocycles. The third-order valence-corrected chi connectivity index (χ3v) is 6.59. The number of nitrogens with one attached hydrogen (secondary N) is 1. The summed E-state index contributed by atoms with van der Waals surface area (Å²) in [6, 6.07) is 16.9. The maximum absolute atomic E-state index is 5.29. The summed E-state index contributed by atoms with van der Waals surface area (Å²) >= 11 is 1.65. The molecule has 5 rings (SSSR count). The lowest BCUT2D eigenvalue weighted by atomic mass is 10.00. The van der Waals surface area contributed by atoms with E-state index >= 15 is 0 Å². The van der Waals surface area contributed by atoms with Gasteiger partial charge in [-0.2, -0.15) is 0 Å². The fourth-order valence-electron chi connectivity index (χ4n) is 4.07. The lowest BCUT2D eigenvalue weighted by Gasteiger charge is -2.28. The van der Waals surface area contributed by atoms with Crippen molar-refractivity contribution >= 4 is 27.4 Å². The van der Waals surface area contributed by atoms with E-state index in [4.69, 9.17) is 4.74 Å². The second-order valence-corrected chi connectivity index (χ2v) is 8.36. The summed E-state index contributed by atoms with van der Waals surface area (Å²) in [6.07, 6.45) is 2.77. The highest BCUT2D eigenvalue weighted by atomic mass is 32.1. The minimum Gasteiger partial charge on any atom is -0.497 e. The van der Waals surface area contributed by atoms with Gasteiger partial charge in [0.25, 0.3) is 0 Å². The lowest BCUT2D eigenvalue weighted by molar-refractivity contribution is 0.264. The maximum atomic E-state index is 5.29. The second-order valence-electron chi connectivity index (χ2n) is 7.50. The molecule has 3 heterocycles. The van der Waals surface area contributed by atoms with Gasteiger partial charge in [0, 0.05) is 37.1 Å². The number of fused-ring (bicyclic) bond motifs is 2.